The van der Waals surface area contributed by atoms with Crippen LogP contribution in [-0.2, 0) is 0 Å². The monoisotopic (exact) mass is 243 g/mol. The van der Waals surface area contributed by atoms with Gasteiger partial charge in [-0.15, -0.1) is 0 Å². The molecule has 0 heterocycles. The second-order valence-electron chi connectivity index (χ2n) is 6.64. The zero-order valence-electron chi connectivity index (χ0n) is 11.6. The molecule has 3 heteroatoms. The fraction of sp³-hybridized carbons (Fsp3) is 1.00. The number of hydrogen-bond acceptors (Lipinski definition) is 3. The van der Waals surface area contributed by atoms with Gasteiger partial charge in [-0.2, -0.15) is 0 Å². The third kappa shape index (κ3) is 6.39. The summed E-state index contributed by atoms with van der Waals surface area (Å²) in [6.07, 6.45) is 5.71. The van der Waals surface area contributed by atoms with E-state index < -0.39 is 0 Å². The summed E-state index contributed by atoms with van der Waals surface area (Å²) in [5, 5.41) is 23.2. The lowest BCUT2D eigenvalue weighted by molar-refractivity contribution is 0.0884. The lowest BCUT2D eigenvalue weighted by atomic mass is 9.89. The summed E-state index contributed by atoms with van der Waals surface area (Å²) >= 11 is 0. The maximum absolute atomic E-state index is 9.95. The van der Waals surface area contributed by atoms with Crippen molar-refractivity contribution in [1.82, 2.24) is 5.32 Å². The van der Waals surface area contributed by atoms with Crippen molar-refractivity contribution in [2.75, 3.05) is 6.54 Å². The molecule has 1 rings (SSSR count). The first-order valence-corrected chi connectivity index (χ1v) is 6.98. The smallest absolute Gasteiger partial charge is 0.0693 e. The highest BCUT2D eigenvalue weighted by molar-refractivity contribution is 4.80. The van der Waals surface area contributed by atoms with Crippen LogP contribution in [-0.4, -0.2) is 35.0 Å². The Balaban J connectivity index is 2.28. The van der Waals surface area contributed by atoms with E-state index in [1.165, 1.54) is 12.8 Å². The van der Waals surface area contributed by atoms with Gasteiger partial charge < -0.3 is 15.5 Å². The average Bonchev–Trinajstić information content (AvgIpc) is 2.37. The zero-order valence-corrected chi connectivity index (χ0v) is 11.6. The number of aliphatic hydroxyl groups is 2. The van der Waals surface area contributed by atoms with E-state index in [1.807, 2.05) is 0 Å². The molecule has 1 aliphatic carbocycles. The van der Waals surface area contributed by atoms with E-state index in [0.717, 1.165) is 25.7 Å². The molecule has 0 aromatic heterocycles. The van der Waals surface area contributed by atoms with Crippen LogP contribution in [0.4, 0.5) is 0 Å². The Bertz CT molecular complexity index is 213. The molecule has 0 aromatic carbocycles. The quantitative estimate of drug-likeness (QED) is 0.663. The molecule has 1 saturated carbocycles. The molecular formula is C14H29NO2. The van der Waals surface area contributed by atoms with Crippen molar-refractivity contribution in [1.29, 1.82) is 0 Å². The highest BCUT2D eigenvalue weighted by Crippen LogP contribution is 2.21. The average molecular weight is 243 g/mol. The number of hydrogen-bond donors (Lipinski definition) is 3. The molecular weight excluding hydrogens is 214 g/mol. The Labute approximate surface area is 106 Å². The van der Waals surface area contributed by atoms with Crippen molar-refractivity contribution in [3.8, 4) is 0 Å². The van der Waals surface area contributed by atoms with Crippen LogP contribution in [0.3, 0.4) is 0 Å². The van der Waals surface area contributed by atoms with E-state index in [4.69, 9.17) is 0 Å². The summed E-state index contributed by atoms with van der Waals surface area (Å²) in [5.74, 6) is 0. The third-order valence-corrected chi connectivity index (χ3v) is 3.44. The molecule has 0 aliphatic heterocycles. The molecule has 17 heavy (non-hydrogen) atoms. The Morgan fingerprint density at radius 3 is 2.47 bits per heavy atom. The largest absolute Gasteiger partial charge is 0.392 e. The minimum absolute atomic E-state index is 0.156. The van der Waals surface area contributed by atoms with Crippen LogP contribution < -0.4 is 5.32 Å². The van der Waals surface area contributed by atoms with Gasteiger partial charge in [0.2, 0.25) is 0 Å². The van der Waals surface area contributed by atoms with Gasteiger partial charge in [-0.1, -0.05) is 40.0 Å². The first-order valence-electron chi connectivity index (χ1n) is 6.98. The molecule has 1 fully saturated rings. The van der Waals surface area contributed by atoms with Crippen LogP contribution in [0.15, 0.2) is 0 Å². The number of aliphatic hydroxyl groups excluding tert-OH is 2. The first kappa shape index (κ1) is 14.9. The van der Waals surface area contributed by atoms with Gasteiger partial charge in [0.15, 0.2) is 0 Å². The molecule has 0 amide bonds. The third-order valence-electron chi connectivity index (χ3n) is 3.44. The van der Waals surface area contributed by atoms with Crippen LogP contribution in [0, 0.1) is 5.41 Å². The number of nitrogens with one attached hydrogen (secondary N) is 1. The normalized spacial score (nSPS) is 28.8. The van der Waals surface area contributed by atoms with Crippen LogP contribution in [0.25, 0.3) is 0 Å². The molecule has 102 valence electrons. The topological polar surface area (TPSA) is 52.5 Å². The molecule has 3 N–H and O–H groups in total. The second kappa shape index (κ2) is 6.72. The molecule has 0 radical (unpaired) electrons. The predicted octanol–water partition coefficient (Wildman–Crippen LogP) is 2.07. The summed E-state index contributed by atoms with van der Waals surface area (Å²) < 4.78 is 0. The van der Waals surface area contributed by atoms with Gasteiger partial charge in [-0.3, -0.25) is 0 Å². The summed E-state index contributed by atoms with van der Waals surface area (Å²) in [6.45, 7) is 7.00. The maximum atomic E-state index is 9.95. The molecule has 1 aliphatic rings. The van der Waals surface area contributed by atoms with Gasteiger partial charge in [-0.25, -0.2) is 0 Å². The van der Waals surface area contributed by atoms with Crippen LogP contribution in [0.1, 0.15) is 59.3 Å². The molecule has 0 spiro atoms. The summed E-state index contributed by atoms with van der Waals surface area (Å²) in [7, 11) is 0. The van der Waals surface area contributed by atoms with Crippen LogP contribution >= 0.6 is 0 Å². The van der Waals surface area contributed by atoms with E-state index in [-0.39, 0.29) is 23.7 Å². The van der Waals surface area contributed by atoms with E-state index >= 15 is 0 Å². The Morgan fingerprint density at radius 1 is 1.18 bits per heavy atom. The minimum atomic E-state index is -0.314. The Morgan fingerprint density at radius 2 is 1.82 bits per heavy atom. The highest BCUT2D eigenvalue weighted by atomic mass is 16.3. The van der Waals surface area contributed by atoms with Gasteiger partial charge in [0, 0.05) is 12.6 Å². The first-order chi connectivity index (χ1) is 7.88. The highest BCUT2D eigenvalue weighted by Gasteiger charge is 2.23. The molecule has 3 unspecified atom stereocenters. The van der Waals surface area contributed by atoms with Gasteiger partial charge >= 0.3 is 0 Å². The van der Waals surface area contributed by atoms with Crippen molar-refractivity contribution in [2.45, 2.75) is 77.5 Å². The van der Waals surface area contributed by atoms with Gasteiger partial charge in [0.25, 0.3) is 0 Å². The molecule has 3 nitrogen and oxygen atoms in total. The predicted molar refractivity (Wildman–Crippen MR) is 71.0 cm³/mol. The Hall–Kier alpha value is -0.120. The van der Waals surface area contributed by atoms with E-state index in [2.05, 4.69) is 26.1 Å². The van der Waals surface area contributed by atoms with E-state index in [0.29, 0.717) is 6.54 Å². The minimum Gasteiger partial charge on any atom is -0.392 e. The van der Waals surface area contributed by atoms with Crippen LogP contribution in [0.5, 0.6) is 0 Å². The molecule has 0 bridgehead atoms. The SMILES string of the molecule is CC(C)(C)CC(O)CNC1CCCCCC1O. The summed E-state index contributed by atoms with van der Waals surface area (Å²) in [4.78, 5) is 0. The van der Waals surface area contributed by atoms with Crippen molar-refractivity contribution in [2.24, 2.45) is 5.41 Å². The molecule has 0 aromatic rings. The second-order valence-corrected chi connectivity index (χ2v) is 6.64. The zero-order chi connectivity index (χ0) is 12.9. The van der Waals surface area contributed by atoms with E-state index in [1.54, 1.807) is 0 Å². The van der Waals surface area contributed by atoms with E-state index in [9.17, 15) is 10.2 Å². The summed E-state index contributed by atoms with van der Waals surface area (Å²) in [5.41, 5.74) is 0.156. The standard InChI is InChI=1S/C14H29NO2/c1-14(2,3)9-11(16)10-15-12-7-5-4-6-8-13(12)17/h11-13,15-17H,4-10H2,1-3H3. The van der Waals surface area contributed by atoms with Crippen molar-refractivity contribution in [3.63, 3.8) is 0 Å². The molecule has 3 atom stereocenters. The van der Waals surface area contributed by atoms with Crippen molar-refractivity contribution < 1.29 is 10.2 Å². The fourth-order valence-corrected chi connectivity index (χ4v) is 2.59. The summed E-state index contributed by atoms with van der Waals surface area (Å²) in [6, 6.07) is 0.173. The van der Waals surface area contributed by atoms with Gasteiger partial charge in [0.05, 0.1) is 12.2 Å². The van der Waals surface area contributed by atoms with Gasteiger partial charge in [-0.05, 0) is 24.7 Å². The maximum Gasteiger partial charge on any atom is 0.0693 e. The number of rotatable bonds is 4. The van der Waals surface area contributed by atoms with Crippen LogP contribution in [0.2, 0.25) is 0 Å². The lowest BCUT2D eigenvalue weighted by Gasteiger charge is -2.26. The van der Waals surface area contributed by atoms with Crippen molar-refractivity contribution in [3.05, 3.63) is 0 Å². The fourth-order valence-electron chi connectivity index (χ4n) is 2.59. The Kier molecular flexibility index (Phi) is 5.90. The lowest BCUT2D eigenvalue weighted by Crippen LogP contribution is -2.43. The molecule has 0 saturated heterocycles. The van der Waals surface area contributed by atoms with Crippen molar-refractivity contribution >= 4 is 0 Å². The van der Waals surface area contributed by atoms with Gasteiger partial charge in [0.1, 0.15) is 0 Å².